The van der Waals surface area contributed by atoms with Gasteiger partial charge in [-0.25, -0.2) is 4.98 Å². The number of hydrogen-bond donors (Lipinski definition) is 1. The highest BCUT2D eigenvalue weighted by atomic mass is 16.5. The smallest absolute Gasteiger partial charge is 0.259 e. The lowest BCUT2D eigenvalue weighted by atomic mass is 10.1. The fourth-order valence-electron chi connectivity index (χ4n) is 3.41. The van der Waals surface area contributed by atoms with Crippen LogP contribution in [0.4, 0.5) is 5.82 Å². The van der Waals surface area contributed by atoms with Crippen molar-refractivity contribution in [1.29, 1.82) is 0 Å². The maximum atomic E-state index is 5.43. The molecule has 4 rings (SSSR count). The van der Waals surface area contributed by atoms with Gasteiger partial charge in [-0.2, -0.15) is 4.98 Å². The van der Waals surface area contributed by atoms with Crippen LogP contribution < -0.4 is 10.2 Å². The number of benzene rings is 1. The Hall–Kier alpha value is -2.73. The van der Waals surface area contributed by atoms with Crippen LogP contribution in [0.5, 0.6) is 0 Å². The van der Waals surface area contributed by atoms with Gasteiger partial charge < -0.3 is 14.7 Å². The number of nitrogens with one attached hydrogen (secondary N) is 1. The summed E-state index contributed by atoms with van der Waals surface area (Å²) in [4.78, 5) is 11.4. The highest BCUT2D eigenvalue weighted by Crippen LogP contribution is 2.20. The first-order valence-electron chi connectivity index (χ1n) is 9.59. The van der Waals surface area contributed by atoms with Crippen molar-refractivity contribution in [2.45, 2.75) is 32.2 Å². The highest BCUT2D eigenvalue weighted by molar-refractivity contribution is 5.54. The summed E-state index contributed by atoms with van der Waals surface area (Å²) in [5.41, 5.74) is 2.20. The number of pyridine rings is 1. The molecule has 1 saturated heterocycles. The molecule has 6 heteroatoms. The van der Waals surface area contributed by atoms with Gasteiger partial charge in [0, 0.05) is 38.3 Å². The van der Waals surface area contributed by atoms with Crippen LogP contribution in [-0.4, -0.2) is 40.8 Å². The van der Waals surface area contributed by atoms with Crippen molar-refractivity contribution in [3.63, 3.8) is 0 Å². The molecule has 1 atom stereocenters. The fraction of sp³-hybridized carbons (Fsp3) is 0.381. The molecule has 0 aliphatic carbocycles. The summed E-state index contributed by atoms with van der Waals surface area (Å²) in [7, 11) is 0. The zero-order chi connectivity index (χ0) is 18.5. The van der Waals surface area contributed by atoms with Crippen LogP contribution in [0, 0.1) is 0 Å². The predicted molar refractivity (Wildman–Crippen MR) is 106 cm³/mol. The van der Waals surface area contributed by atoms with Gasteiger partial charge in [0.05, 0.1) is 5.56 Å². The number of nitrogens with zero attached hydrogens (tertiary/aromatic N) is 4. The standard InChI is InChI=1S/C21H25N5O/c1-16-15-26(13-12-22-16)20-11-10-18(14-23-20)21-24-19(25-27-21)9-5-8-17-6-3-2-4-7-17/h2-4,6-7,10-11,14,16,22H,5,8-9,12-13,15H2,1H3/t16-/m0/s1. The molecule has 6 nitrogen and oxygen atoms in total. The molecule has 2 aromatic heterocycles. The minimum absolute atomic E-state index is 0.481. The number of aromatic nitrogens is 3. The van der Waals surface area contributed by atoms with Crippen LogP contribution in [-0.2, 0) is 12.8 Å². The minimum Gasteiger partial charge on any atom is -0.354 e. The van der Waals surface area contributed by atoms with Crippen LogP contribution >= 0.6 is 0 Å². The molecule has 1 N–H and O–H groups in total. The van der Waals surface area contributed by atoms with Crippen molar-refractivity contribution in [3.8, 4) is 11.5 Å². The second kappa shape index (κ2) is 8.31. The van der Waals surface area contributed by atoms with E-state index in [9.17, 15) is 0 Å². The second-order valence-corrected chi connectivity index (χ2v) is 7.06. The summed E-state index contributed by atoms with van der Waals surface area (Å²) in [6, 6.07) is 15.0. The van der Waals surface area contributed by atoms with Gasteiger partial charge in [0.15, 0.2) is 5.82 Å². The van der Waals surface area contributed by atoms with Gasteiger partial charge >= 0.3 is 0 Å². The van der Waals surface area contributed by atoms with Crippen molar-refractivity contribution in [1.82, 2.24) is 20.4 Å². The maximum absolute atomic E-state index is 5.43. The zero-order valence-electron chi connectivity index (χ0n) is 15.6. The van der Waals surface area contributed by atoms with Crippen molar-refractivity contribution < 1.29 is 4.52 Å². The summed E-state index contributed by atoms with van der Waals surface area (Å²) in [5.74, 6) is 2.29. The molecule has 0 amide bonds. The van der Waals surface area contributed by atoms with E-state index in [1.54, 1.807) is 0 Å². The van der Waals surface area contributed by atoms with Crippen LogP contribution in [0.25, 0.3) is 11.5 Å². The number of piperazine rings is 1. The van der Waals surface area contributed by atoms with Crippen LogP contribution in [0.3, 0.4) is 0 Å². The Balaban J connectivity index is 1.35. The normalized spacial score (nSPS) is 17.2. The number of aryl methyl sites for hydroxylation is 2. The van der Waals surface area contributed by atoms with E-state index < -0.39 is 0 Å². The number of hydrogen-bond acceptors (Lipinski definition) is 6. The molecule has 140 valence electrons. The maximum Gasteiger partial charge on any atom is 0.259 e. The summed E-state index contributed by atoms with van der Waals surface area (Å²) in [6.07, 6.45) is 4.65. The molecule has 3 heterocycles. The average Bonchev–Trinajstić information content (AvgIpc) is 3.18. The molecule has 27 heavy (non-hydrogen) atoms. The summed E-state index contributed by atoms with van der Waals surface area (Å²) < 4.78 is 5.43. The Morgan fingerprint density at radius 2 is 2.04 bits per heavy atom. The van der Waals surface area contributed by atoms with E-state index >= 15 is 0 Å². The Bertz CT molecular complexity index is 847. The van der Waals surface area contributed by atoms with Gasteiger partial charge in [-0.1, -0.05) is 35.5 Å². The van der Waals surface area contributed by atoms with Crippen LogP contribution in [0.1, 0.15) is 24.7 Å². The Kier molecular flexibility index (Phi) is 5.44. The first-order valence-corrected chi connectivity index (χ1v) is 9.59. The largest absolute Gasteiger partial charge is 0.354 e. The Morgan fingerprint density at radius 3 is 2.81 bits per heavy atom. The summed E-state index contributed by atoms with van der Waals surface area (Å²) in [6.45, 7) is 5.13. The van der Waals surface area contributed by atoms with E-state index in [-0.39, 0.29) is 0 Å². The molecule has 1 aromatic carbocycles. The third-order valence-corrected chi connectivity index (χ3v) is 4.86. The zero-order valence-corrected chi connectivity index (χ0v) is 15.6. The van der Waals surface area contributed by atoms with Crippen molar-refractivity contribution >= 4 is 5.82 Å². The quantitative estimate of drug-likeness (QED) is 0.726. The minimum atomic E-state index is 0.481. The molecule has 1 fully saturated rings. The second-order valence-electron chi connectivity index (χ2n) is 7.06. The van der Waals surface area contributed by atoms with E-state index in [2.05, 4.69) is 56.5 Å². The Labute approximate surface area is 159 Å². The van der Waals surface area contributed by atoms with E-state index in [0.717, 1.165) is 56.1 Å². The Morgan fingerprint density at radius 1 is 1.15 bits per heavy atom. The molecule has 0 spiro atoms. The third kappa shape index (κ3) is 4.52. The van der Waals surface area contributed by atoms with Crippen molar-refractivity contribution in [3.05, 3.63) is 60.0 Å². The molecular weight excluding hydrogens is 338 g/mol. The monoisotopic (exact) mass is 363 g/mol. The SMILES string of the molecule is C[C@H]1CN(c2ccc(-c3nc(CCCc4ccccc4)no3)cn2)CCN1. The van der Waals surface area contributed by atoms with Crippen molar-refractivity contribution in [2.24, 2.45) is 0 Å². The fourth-order valence-corrected chi connectivity index (χ4v) is 3.41. The lowest BCUT2D eigenvalue weighted by molar-refractivity contribution is 0.421. The lowest BCUT2D eigenvalue weighted by Gasteiger charge is -2.32. The molecule has 3 aromatic rings. The molecule has 0 radical (unpaired) electrons. The molecule has 1 aliphatic rings. The predicted octanol–water partition coefficient (Wildman–Crippen LogP) is 3.11. The van der Waals surface area contributed by atoms with Gasteiger partial charge in [-0.3, -0.25) is 0 Å². The van der Waals surface area contributed by atoms with E-state index in [1.165, 1.54) is 5.56 Å². The summed E-state index contributed by atoms with van der Waals surface area (Å²) >= 11 is 0. The van der Waals surface area contributed by atoms with Crippen molar-refractivity contribution in [2.75, 3.05) is 24.5 Å². The number of rotatable bonds is 6. The van der Waals surface area contributed by atoms with Gasteiger partial charge in [-0.15, -0.1) is 0 Å². The summed E-state index contributed by atoms with van der Waals surface area (Å²) in [5, 5.41) is 7.56. The molecule has 1 aliphatic heterocycles. The van der Waals surface area contributed by atoms with Gasteiger partial charge in [0.25, 0.3) is 5.89 Å². The molecule has 0 saturated carbocycles. The van der Waals surface area contributed by atoms with Gasteiger partial charge in [-0.05, 0) is 37.5 Å². The van der Waals surface area contributed by atoms with Crippen LogP contribution in [0.15, 0.2) is 53.2 Å². The average molecular weight is 363 g/mol. The molecule has 0 bridgehead atoms. The van der Waals surface area contributed by atoms with Gasteiger partial charge in [0.1, 0.15) is 5.82 Å². The van der Waals surface area contributed by atoms with Gasteiger partial charge in [0.2, 0.25) is 0 Å². The van der Waals surface area contributed by atoms with E-state index in [4.69, 9.17) is 4.52 Å². The third-order valence-electron chi connectivity index (χ3n) is 4.86. The first-order chi connectivity index (χ1) is 13.3. The van der Waals surface area contributed by atoms with E-state index in [0.29, 0.717) is 11.9 Å². The lowest BCUT2D eigenvalue weighted by Crippen LogP contribution is -2.49. The topological polar surface area (TPSA) is 67.1 Å². The van der Waals surface area contributed by atoms with E-state index in [1.807, 2.05) is 24.4 Å². The molecule has 0 unspecified atom stereocenters. The highest BCUT2D eigenvalue weighted by Gasteiger charge is 2.17. The number of anilines is 1. The molecular formula is C21H25N5O. The first kappa shape index (κ1) is 17.7. The van der Waals surface area contributed by atoms with Crippen LogP contribution in [0.2, 0.25) is 0 Å².